The molecule has 0 aliphatic heterocycles. The van der Waals surface area contributed by atoms with Crippen LogP contribution in [0.15, 0.2) is 171 Å². The summed E-state index contributed by atoms with van der Waals surface area (Å²) in [7, 11) is -32.2. The molecule has 0 saturated heterocycles. The summed E-state index contributed by atoms with van der Waals surface area (Å²) in [6, 6.07) is 19.1. The molecule has 0 spiro atoms. The van der Waals surface area contributed by atoms with Crippen LogP contribution in [0.1, 0.15) is 11.1 Å². The van der Waals surface area contributed by atoms with Crippen molar-refractivity contribution in [2.45, 2.75) is 29.4 Å². The van der Waals surface area contributed by atoms with E-state index in [0.29, 0.717) is 36.4 Å². The number of H-pyrrole nitrogens is 4. The van der Waals surface area contributed by atoms with E-state index in [1.165, 1.54) is 48.5 Å². The molecule has 0 unspecified atom stereocenters. The SMILES string of the molecule is O=S(=O)([O-])c1ccc(S(=O)(=O)[O-])c(N=c2[nH]c(Oc3ccc(Cl)cc3)nc(=Nc3ccc(C=Cc4ccc(N=c5nc(Oc6ccc(Cl)cc6)[nH]c(=Nc6cc(S(=O)(=O)[O-])ccc6S(=O)(=O)[O-])[nH]5)cc4S(=O)(=O)[O-])c(S(=O)(=O)[O-])c3)[nH]2)c1.[Na+].[Na+].[Na+].[Na+].[Na+].[Na+]. The third-order valence-corrected chi connectivity index (χ3v) is 16.0. The second-order valence-electron chi connectivity index (χ2n) is 16.0. The fraction of sp³-hybridized carbons (Fsp3) is 0. The Hall–Kier alpha value is -2.08. The molecule has 0 aliphatic rings. The standard InChI is InChI=1S/C44H32Cl2N10O20S6.6Na/c45-25-5-11-29(12-6-25)75-43-53-39(51-41(55-43)49-33-21-31(77(57,58)59)15-17-35(33)79(63,64)65)47-27-9-3-23(37(19-27)81(69,70)71)1-2-24-4-10-28(20-38(24)82(72,73)74)48-40-52-42(56-44(54-40)76-30-13-7-26(46)8-14-30)50-34-22-32(78(60,61)62)16-18-36(34)80(66,67)68;;;;;;/h1-22H,(H,57,58,59)(H,60,61,62)(H,63,64,65)(H,66,67,68)(H,69,70,71)(H,72,73,74)(H2,47,49,51,53,55)(H2,48,50,52,54,56);;;;;;/q;6*+1/p-6. The normalized spacial score (nSPS) is 12.8. The van der Waals surface area contributed by atoms with Gasteiger partial charge in [-0.25, -0.2) is 70.5 Å². The monoisotopic (exact) mass is 1410 g/mol. The van der Waals surface area contributed by atoms with Gasteiger partial charge in [0.05, 0.1) is 52.1 Å². The van der Waals surface area contributed by atoms with Crippen molar-refractivity contribution in [3.8, 4) is 23.5 Å². The van der Waals surface area contributed by atoms with Gasteiger partial charge in [-0.2, -0.15) is 9.97 Å². The quantitative estimate of drug-likeness (QED) is 0.0396. The molecule has 30 nitrogen and oxygen atoms in total. The number of rotatable bonds is 16. The van der Waals surface area contributed by atoms with Gasteiger partial charge >= 0.3 is 189 Å². The van der Waals surface area contributed by atoms with Crippen molar-refractivity contribution in [1.29, 1.82) is 0 Å². The number of aromatic nitrogens is 6. The maximum atomic E-state index is 12.7. The fourth-order valence-electron chi connectivity index (χ4n) is 6.79. The van der Waals surface area contributed by atoms with Crippen LogP contribution in [-0.4, -0.2) is 108 Å². The largest absolute Gasteiger partial charge is 1.00 e. The molecule has 0 aliphatic carbocycles. The van der Waals surface area contributed by atoms with Gasteiger partial charge in [-0.15, -0.1) is 0 Å². The van der Waals surface area contributed by atoms with E-state index < -0.39 is 147 Å². The number of halogens is 2. The second-order valence-corrected chi connectivity index (χ2v) is 25.0. The summed E-state index contributed by atoms with van der Waals surface area (Å²) in [4.78, 5) is 28.2. The number of benzene rings is 6. The maximum Gasteiger partial charge on any atom is 1.00 e. The predicted octanol–water partition coefficient (Wildman–Crippen LogP) is -14.8. The van der Waals surface area contributed by atoms with Gasteiger partial charge in [-0.3, -0.25) is 19.9 Å². The molecule has 0 atom stereocenters. The Morgan fingerprint density at radius 1 is 0.375 bits per heavy atom. The zero-order chi connectivity index (χ0) is 59.7. The fourth-order valence-corrected chi connectivity index (χ4v) is 10.6. The first kappa shape index (κ1) is 82.0. The molecule has 88 heavy (non-hydrogen) atoms. The molecule has 0 amide bonds. The van der Waals surface area contributed by atoms with E-state index in [4.69, 9.17) is 32.7 Å². The van der Waals surface area contributed by atoms with Crippen LogP contribution in [0.4, 0.5) is 22.7 Å². The van der Waals surface area contributed by atoms with Crippen molar-refractivity contribution in [1.82, 2.24) is 29.9 Å². The Kier molecular flexibility index (Phi) is 31.1. The molecule has 8 rings (SSSR count). The molecule has 0 fully saturated rings. The number of ether oxygens (including phenoxy) is 2. The first-order chi connectivity index (χ1) is 38.1. The number of nitrogens with zero attached hydrogens (tertiary/aromatic N) is 6. The Balaban J connectivity index is 0.00000440. The third-order valence-electron chi connectivity index (χ3n) is 10.3. The molecule has 44 heteroatoms. The van der Waals surface area contributed by atoms with Crippen molar-refractivity contribution in [3.05, 3.63) is 165 Å². The Morgan fingerprint density at radius 3 is 0.989 bits per heavy atom. The smallest absolute Gasteiger partial charge is 0.744 e. The van der Waals surface area contributed by atoms with Gasteiger partial charge in [0, 0.05) is 10.0 Å². The first-order valence-corrected chi connectivity index (χ1v) is 30.8. The average Bonchev–Trinajstić information content (AvgIpc) is 1.99. The summed E-state index contributed by atoms with van der Waals surface area (Å²) >= 11 is 11.9. The number of hydrogen-bond donors (Lipinski definition) is 4. The van der Waals surface area contributed by atoms with E-state index in [0.717, 1.165) is 48.6 Å². The van der Waals surface area contributed by atoms with Crippen molar-refractivity contribution in [3.63, 3.8) is 0 Å². The summed E-state index contributed by atoms with van der Waals surface area (Å²) in [5, 5.41) is 0.577. The first-order valence-electron chi connectivity index (χ1n) is 21.6. The van der Waals surface area contributed by atoms with Crippen LogP contribution in [0.25, 0.3) is 12.2 Å². The second kappa shape index (κ2) is 33.3. The number of nitrogens with one attached hydrogen (secondary N) is 4. The minimum atomic E-state index is -5.47. The molecule has 2 heterocycles. The topological polar surface area (TPSA) is 500 Å². The minimum absolute atomic E-state index is 0. The van der Waals surface area contributed by atoms with Crippen molar-refractivity contribution in [2.24, 2.45) is 20.0 Å². The van der Waals surface area contributed by atoms with Crippen LogP contribution in [0.2, 0.25) is 10.0 Å². The zero-order valence-electron chi connectivity index (χ0n) is 45.8. The molecule has 0 saturated carbocycles. The summed E-state index contributed by atoms with van der Waals surface area (Å²) in [6.45, 7) is 0. The van der Waals surface area contributed by atoms with Crippen LogP contribution >= 0.6 is 23.2 Å². The van der Waals surface area contributed by atoms with Gasteiger partial charge in [-0.1, -0.05) is 47.5 Å². The molecule has 428 valence electrons. The molecule has 0 bridgehead atoms. The van der Waals surface area contributed by atoms with Crippen LogP contribution in [-0.2, 0) is 60.7 Å². The third kappa shape index (κ3) is 22.8. The van der Waals surface area contributed by atoms with Gasteiger partial charge < -0.3 is 36.8 Å². The van der Waals surface area contributed by atoms with E-state index in [9.17, 15) is 77.8 Å². The zero-order valence-corrected chi connectivity index (χ0v) is 64.2. The Labute approximate surface area is 641 Å². The molecular weight excluding hydrogens is 1390 g/mol. The van der Waals surface area contributed by atoms with E-state index in [1.54, 1.807) is 0 Å². The molecule has 2 aromatic heterocycles. The van der Waals surface area contributed by atoms with E-state index >= 15 is 0 Å². The van der Waals surface area contributed by atoms with E-state index in [-0.39, 0.29) is 210 Å². The predicted molar refractivity (Wildman–Crippen MR) is 272 cm³/mol. The maximum absolute atomic E-state index is 12.7. The number of aromatic amines is 4. The summed E-state index contributed by atoms with van der Waals surface area (Å²) < 4.78 is 231. The van der Waals surface area contributed by atoms with Crippen LogP contribution in [0, 0.1) is 0 Å². The molecule has 8 aromatic rings. The Bertz CT molecular complexity index is 4680. The molecule has 4 N–H and O–H groups in total. The van der Waals surface area contributed by atoms with Gasteiger partial charge in [0.1, 0.15) is 72.2 Å². The van der Waals surface area contributed by atoms with E-state index in [2.05, 4.69) is 49.9 Å². The summed E-state index contributed by atoms with van der Waals surface area (Å²) in [6.07, 6.45) is 1.87. The van der Waals surface area contributed by atoms with Crippen LogP contribution in [0.3, 0.4) is 0 Å². The summed E-state index contributed by atoms with van der Waals surface area (Å²) in [5.41, 5.74) is -5.55. The Morgan fingerprint density at radius 2 is 0.693 bits per heavy atom. The van der Waals surface area contributed by atoms with Crippen molar-refractivity contribution in [2.75, 3.05) is 0 Å². The van der Waals surface area contributed by atoms with Gasteiger partial charge in [0.15, 0.2) is 0 Å². The van der Waals surface area contributed by atoms with Crippen molar-refractivity contribution < 1.29 is 265 Å². The van der Waals surface area contributed by atoms with Gasteiger partial charge in [0.2, 0.25) is 22.5 Å². The van der Waals surface area contributed by atoms with Crippen molar-refractivity contribution >= 4 is 119 Å². The molecule has 6 aromatic carbocycles. The number of hydrogen-bond acceptors (Lipinski definition) is 26. The minimum Gasteiger partial charge on any atom is -0.744 e. The van der Waals surface area contributed by atoms with E-state index in [1.807, 2.05) is 0 Å². The van der Waals surface area contributed by atoms with Gasteiger partial charge in [-0.05, 0) is 120 Å². The van der Waals surface area contributed by atoms with Crippen LogP contribution < -0.4 is 209 Å². The summed E-state index contributed by atoms with van der Waals surface area (Å²) in [5.74, 6) is 0.133. The molecular formula is C44H26Cl2N10Na6O20S6. The van der Waals surface area contributed by atoms with Crippen LogP contribution in [0.5, 0.6) is 23.5 Å². The molecule has 0 radical (unpaired) electrons. The average molecular weight is 1420 g/mol. The van der Waals surface area contributed by atoms with Gasteiger partial charge in [0.25, 0.3) is 0 Å².